The van der Waals surface area contributed by atoms with Crippen molar-refractivity contribution >= 4 is 16.9 Å². The summed E-state index contributed by atoms with van der Waals surface area (Å²) in [5, 5.41) is 0.837. The number of allylic oxidation sites excluding steroid dienone is 1. The highest BCUT2D eigenvalue weighted by molar-refractivity contribution is 5.89. The Balaban J connectivity index is 0.987. The Hall–Kier alpha value is -2.56. The quantitative estimate of drug-likeness (QED) is 0.155. The lowest BCUT2D eigenvalue weighted by Gasteiger charge is -2.58. The summed E-state index contributed by atoms with van der Waals surface area (Å²) in [6.07, 6.45) is 18.8. The molecular formula is C42H58O5. The van der Waals surface area contributed by atoms with Crippen LogP contribution in [-0.4, -0.2) is 18.7 Å². The van der Waals surface area contributed by atoms with E-state index < -0.39 is 0 Å². The zero-order chi connectivity index (χ0) is 33.1. The molecule has 3 fully saturated rings. The Morgan fingerprint density at radius 1 is 1.00 bits per heavy atom. The average molecular weight is 643 g/mol. The molecule has 5 aliphatic carbocycles. The molecule has 0 aliphatic heterocycles. The third-order valence-electron chi connectivity index (χ3n) is 14.1. The van der Waals surface area contributed by atoms with Crippen LogP contribution in [0, 0.1) is 53.3 Å². The second-order valence-electron chi connectivity index (χ2n) is 17.3. The normalized spacial score (nSPS) is 33.5. The Morgan fingerprint density at radius 2 is 1.81 bits per heavy atom. The van der Waals surface area contributed by atoms with Crippen molar-refractivity contribution < 1.29 is 18.7 Å². The van der Waals surface area contributed by atoms with Crippen molar-refractivity contribution in [3.05, 3.63) is 50.9 Å². The second kappa shape index (κ2) is 12.7. The molecule has 256 valence electrons. The SMILES string of the molecule is Cc1cc(OCC(=O)O[C@@H]2CC[C@]3(C)C(=CC[C@@H]4[C@H]3CC[C@@]3(C)[C@@H]([C@H](C)CCCC(C)C)CC[C@@H]43)C2)c2c3c(c(=O)oc2c1)CCC3. The lowest BCUT2D eigenvalue weighted by atomic mass is 9.47. The minimum absolute atomic E-state index is 0.0881. The number of hydrogen-bond acceptors (Lipinski definition) is 5. The number of rotatable bonds is 9. The fourth-order valence-corrected chi connectivity index (χ4v) is 11.7. The zero-order valence-corrected chi connectivity index (χ0v) is 29.9. The summed E-state index contributed by atoms with van der Waals surface area (Å²) < 4.78 is 17.9. The highest BCUT2D eigenvalue weighted by atomic mass is 16.6. The van der Waals surface area contributed by atoms with Crippen LogP contribution >= 0.6 is 0 Å². The van der Waals surface area contributed by atoms with E-state index in [1.54, 1.807) is 5.57 Å². The molecule has 1 aromatic carbocycles. The number of carbonyl (C=O) groups excluding carboxylic acids is 1. The number of ether oxygens (including phenoxy) is 2. The summed E-state index contributed by atoms with van der Waals surface area (Å²) in [4.78, 5) is 25.7. The van der Waals surface area contributed by atoms with Gasteiger partial charge in [-0.25, -0.2) is 9.59 Å². The lowest BCUT2D eigenvalue weighted by Crippen LogP contribution is -2.51. The molecule has 5 nitrogen and oxygen atoms in total. The van der Waals surface area contributed by atoms with E-state index in [2.05, 4.69) is 40.7 Å². The van der Waals surface area contributed by atoms with E-state index in [9.17, 15) is 9.59 Å². The summed E-state index contributed by atoms with van der Waals surface area (Å²) in [5.74, 6) is 5.24. The lowest BCUT2D eigenvalue weighted by molar-refractivity contribution is -0.153. The number of carbonyl (C=O) groups is 1. The molecule has 0 spiro atoms. The maximum absolute atomic E-state index is 13.2. The molecule has 1 heterocycles. The summed E-state index contributed by atoms with van der Waals surface area (Å²) in [5.41, 5.74) is 5.27. The van der Waals surface area contributed by atoms with Crippen molar-refractivity contribution in [1.82, 2.24) is 0 Å². The molecule has 47 heavy (non-hydrogen) atoms. The number of aryl methyl sites for hydroxylation is 2. The van der Waals surface area contributed by atoms with Crippen LogP contribution in [0.5, 0.6) is 5.75 Å². The van der Waals surface area contributed by atoms with E-state index in [4.69, 9.17) is 13.9 Å². The molecule has 0 bridgehead atoms. The first-order valence-corrected chi connectivity index (χ1v) is 19.1. The van der Waals surface area contributed by atoms with E-state index >= 15 is 0 Å². The molecular weight excluding hydrogens is 584 g/mol. The van der Waals surface area contributed by atoms with E-state index in [-0.39, 0.29) is 29.7 Å². The minimum Gasteiger partial charge on any atom is -0.481 e. The topological polar surface area (TPSA) is 65.7 Å². The molecule has 5 heteroatoms. The Kier molecular flexibility index (Phi) is 8.92. The highest BCUT2D eigenvalue weighted by Crippen LogP contribution is 2.67. The smallest absolute Gasteiger partial charge is 0.344 e. The summed E-state index contributed by atoms with van der Waals surface area (Å²) in [6.45, 7) is 14.3. The molecule has 0 saturated heterocycles. The predicted octanol–water partition coefficient (Wildman–Crippen LogP) is 9.92. The number of hydrogen-bond donors (Lipinski definition) is 0. The molecule has 7 rings (SSSR count). The van der Waals surface area contributed by atoms with Gasteiger partial charge in [0.05, 0.1) is 5.39 Å². The molecule has 3 saturated carbocycles. The van der Waals surface area contributed by atoms with Crippen LogP contribution in [0.1, 0.15) is 128 Å². The fourth-order valence-electron chi connectivity index (χ4n) is 11.7. The third-order valence-corrected chi connectivity index (χ3v) is 14.1. The van der Waals surface area contributed by atoms with E-state index in [1.807, 2.05) is 19.1 Å². The van der Waals surface area contributed by atoms with Crippen molar-refractivity contribution in [1.29, 1.82) is 0 Å². The fraction of sp³-hybridized carbons (Fsp3) is 0.714. The molecule has 0 N–H and O–H groups in total. The van der Waals surface area contributed by atoms with Gasteiger partial charge in [0, 0.05) is 12.0 Å². The molecule has 0 unspecified atom stereocenters. The Bertz CT molecular complexity index is 1600. The minimum atomic E-state index is -0.315. The summed E-state index contributed by atoms with van der Waals surface area (Å²) in [7, 11) is 0. The van der Waals surface area contributed by atoms with Crippen molar-refractivity contribution in [3.8, 4) is 5.75 Å². The van der Waals surface area contributed by atoms with Gasteiger partial charge >= 0.3 is 11.6 Å². The monoisotopic (exact) mass is 642 g/mol. The second-order valence-corrected chi connectivity index (χ2v) is 17.3. The Morgan fingerprint density at radius 3 is 2.62 bits per heavy atom. The van der Waals surface area contributed by atoms with Crippen LogP contribution in [0.3, 0.4) is 0 Å². The maximum Gasteiger partial charge on any atom is 0.344 e. The van der Waals surface area contributed by atoms with Gasteiger partial charge < -0.3 is 13.9 Å². The first-order chi connectivity index (χ1) is 22.5. The van der Waals surface area contributed by atoms with Crippen LogP contribution in [0.2, 0.25) is 0 Å². The van der Waals surface area contributed by atoms with Crippen LogP contribution in [-0.2, 0) is 22.4 Å². The van der Waals surface area contributed by atoms with Gasteiger partial charge in [0.15, 0.2) is 6.61 Å². The van der Waals surface area contributed by atoms with Gasteiger partial charge in [0.25, 0.3) is 0 Å². The van der Waals surface area contributed by atoms with Crippen molar-refractivity contribution in [3.63, 3.8) is 0 Å². The van der Waals surface area contributed by atoms with Crippen LogP contribution in [0.25, 0.3) is 11.0 Å². The van der Waals surface area contributed by atoms with Gasteiger partial charge in [-0.1, -0.05) is 65.5 Å². The van der Waals surface area contributed by atoms with Crippen LogP contribution < -0.4 is 10.4 Å². The predicted molar refractivity (Wildman–Crippen MR) is 188 cm³/mol. The summed E-state index contributed by atoms with van der Waals surface area (Å²) in [6, 6.07) is 3.83. The van der Waals surface area contributed by atoms with Crippen molar-refractivity contribution in [2.45, 2.75) is 138 Å². The van der Waals surface area contributed by atoms with Crippen LogP contribution in [0.4, 0.5) is 0 Å². The molecule has 1 aromatic heterocycles. The third kappa shape index (κ3) is 5.90. The highest BCUT2D eigenvalue weighted by Gasteiger charge is 2.59. The van der Waals surface area contributed by atoms with Gasteiger partial charge in [-0.15, -0.1) is 0 Å². The van der Waals surface area contributed by atoms with Crippen LogP contribution in [0.15, 0.2) is 33.0 Å². The number of esters is 1. The molecule has 0 amide bonds. The standard InChI is InChI=1S/C42H58O5/c1-25(2)9-7-10-27(4)33-15-16-34-32-14-13-28-23-29(17-19-41(28,5)35(32)18-20-42(33,34)6)46-38(43)24-45-36-21-26(3)22-37-39(36)30-11-8-12-31(30)40(44)47-37/h13,21-22,25,27,29,32-35H,7-12,14-20,23-24H2,1-6H3/t27-,29-,32+,33-,34+,35-,41-,42+/m1/s1. The van der Waals surface area contributed by atoms with Gasteiger partial charge in [-0.05, 0) is 141 Å². The number of benzene rings is 1. The molecule has 8 atom stereocenters. The van der Waals surface area contributed by atoms with E-state index in [0.29, 0.717) is 16.7 Å². The molecule has 0 radical (unpaired) electrons. The van der Waals surface area contributed by atoms with Crippen molar-refractivity contribution in [2.24, 2.45) is 46.3 Å². The van der Waals surface area contributed by atoms with Gasteiger partial charge in [-0.3, -0.25) is 0 Å². The number of fused-ring (bicyclic) bond motifs is 8. The van der Waals surface area contributed by atoms with E-state index in [0.717, 1.165) is 96.1 Å². The molecule has 2 aromatic rings. The molecule has 5 aliphatic rings. The van der Waals surface area contributed by atoms with Crippen molar-refractivity contribution in [2.75, 3.05) is 6.61 Å². The average Bonchev–Trinajstić information content (AvgIpc) is 3.65. The first kappa shape index (κ1) is 33.0. The maximum atomic E-state index is 13.2. The Labute approximate surface area is 282 Å². The van der Waals surface area contributed by atoms with Gasteiger partial charge in [0.2, 0.25) is 0 Å². The van der Waals surface area contributed by atoms with E-state index in [1.165, 1.54) is 51.4 Å². The van der Waals surface area contributed by atoms with Gasteiger partial charge in [-0.2, -0.15) is 0 Å². The first-order valence-electron chi connectivity index (χ1n) is 19.1. The van der Waals surface area contributed by atoms with Gasteiger partial charge in [0.1, 0.15) is 17.4 Å². The largest absolute Gasteiger partial charge is 0.481 e. The zero-order valence-electron chi connectivity index (χ0n) is 29.9. The summed E-state index contributed by atoms with van der Waals surface area (Å²) >= 11 is 0.